The molecular weight excluding hydrogens is 627 g/mol. The highest BCUT2D eigenvalue weighted by molar-refractivity contribution is 7.47. The molecule has 0 saturated heterocycles. The van der Waals surface area contributed by atoms with Crippen molar-refractivity contribution in [2.75, 3.05) is 20.3 Å². The Balaban J connectivity index is 4.02. The Hall–Kier alpha value is -1.73. The maximum absolute atomic E-state index is 12.5. The molecule has 0 fully saturated rings. The summed E-state index contributed by atoms with van der Waals surface area (Å²) in [5.74, 6) is -0.822. The highest BCUT2D eigenvalue weighted by atomic mass is 31.2. The lowest BCUT2D eigenvalue weighted by Gasteiger charge is -2.19. The highest BCUT2D eigenvalue weighted by Gasteiger charge is 2.24. The molecule has 2 atom stereocenters. The number of hydrogen-bond donors (Lipinski definition) is 1. The molecule has 9 heteroatoms. The number of carbonyl (C=O) groups is 2. The van der Waals surface area contributed by atoms with Gasteiger partial charge in [0.2, 0.25) is 0 Å². The zero-order valence-corrected chi connectivity index (χ0v) is 31.8. The van der Waals surface area contributed by atoms with Crippen LogP contribution in [0.25, 0.3) is 0 Å². The minimum atomic E-state index is -4.26. The van der Waals surface area contributed by atoms with Gasteiger partial charge in [0.25, 0.3) is 0 Å². The maximum atomic E-state index is 12.5. The molecule has 0 aromatic rings. The lowest BCUT2D eigenvalue weighted by molar-refractivity contribution is -0.161. The molecule has 0 heterocycles. The summed E-state index contributed by atoms with van der Waals surface area (Å²) in [6.45, 7) is 3.78. The molecule has 0 rings (SSSR count). The van der Waals surface area contributed by atoms with Crippen LogP contribution in [0.15, 0.2) is 36.5 Å². The van der Waals surface area contributed by atoms with Gasteiger partial charge in [0, 0.05) is 20.0 Å². The maximum Gasteiger partial charge on any atom is 0.472 e. The van der Waals surface area contributed by atoms with E-state index in [1.165, 1.54) is 70.6 Å². The summed E-state index contributed by atoms with van der Waals surface area (Å²) in [6, 6.07) is 0. The number of rotatable bonds is 35. The van der Waals surface area contributed by atoms with Crippen LogP contribution in [0.4, 0.5) is 0 Å². The van der Waals surface area contributed by atoms with E-state index < -0.39 is 26.5 Å². The lowest BCUT2D eigenvalue weighted by atomic mass is 10.1. The first kappa shape index (κ1) is 46.3. The Labute approximate surface area is 294 Å². The largest absolute Gasteiger partial charge is 0.472 e. The van der Waals surface area contributed by atoms with Crippen LogP contribution < -0.4 is 0 Å². The van der Waals surface area contributed by atoms with E-state index >= 15 is 0 Å². The van der Waals surface area contributed by atoms with Gasteiger partial charge in [-0.05, 0) is 64.2 Å². The van der Waals surface area contributed by atoms with E-state index in [4.69, 9.17) is 14.0 Å². The van der Waals surface area contributed by atoms with Crippen molar-refractivity contribution in [3.63, 3.8) is 0 Å². The predicted octanol–water partition coefficient (Wildman–Crippen LogP) is 11.7. The summed E-state index contributed by atoms with van der Waals surface area (Å²) in [7, 11) is -3.20. The molecule has 0 amide bonds. The van der Waals surface area contributed by atoms with Gasteiger partial charge in [-0.25, -0.2) is 4.57 Å². The summed E-state index contributed by atoms with van der Waals surface area (Å²) in [5.41, 5.74) is 0. The standard InChI is InChI=1S/C39H71O8P/c1-4-6-8-10-12-14-16-17-18-19-20-21-22-23-24-26-28-30-32-34-39(41)47-37(36-46-48(42,43)44-3)35-45-38(40)33-31-29-27-25-15-13-11-9-7-5-2/h9,11-12,14,17-18,37H,4-8,10,13,15-16,19-36H2,1-3H3,(H,42,43)/b11-9-,14-12-,18-17-. The van der Waals surface area contributed by atoms with E-state index in [0.29, 0.717) is 6.42 Å². The third-order valence-corrected chi connectivity index (χ3v) is 9.02. The van der Waals surface area contributed by atoms with Crippen LogP contribution >= 0.6 is 7.82 Å². The van der Waals surface area contributed by atoms with Crippen molar-refractivity contribution in [1.82, 2.24) is 0 Å². The second kappa shape index (κ2) is 35.1. The normalized spacial score (nSPS) is 13.8. The van der Waals surface area contributed by atoms with Crippen molar-refractivity contribution in [3.05, 3.63) is 36.5 Å². The quantitative estimate of drug-likeness (QED) is 0.0301. The number of ether oxygens (including phenoxy) is 2. The molecule has 1 N–H and O–H groups in total. The van der Waals surface area contributed by atoms with Crippen LogP contribution in [-0.2, 0) is 32.7 Å². The van der Waals surface area contributed by atoms with Gasteiger partial charge < -0.3 is 14.4 Å². The molecule has 0 aromatic carbocycles. The fourth-order valence-electron chi connectivity index (χ4n) is 5.10. The molecule has 0 aliphatic heterocycles. The SMILES string of the molecule is CCC/C=C\CCCCCCCC(=O)OCC(COP(=O)(O)OC)OC(=O)CCCCCCCCCCC/C=C\C/C=C\CCCCC. The van der Waals surface area contributed by atoms with E-state index in [2.05, 4.69) is 54.8 Å². The molecule has 0 aliphatic rings. The van der Waals surface area contributed by atoms with Gasteiger partial charge in [0.1, 0.15) is 6.61 Å². The highest BCUT2D eigenvalue weighted by Crippen LogP contribution is 2.42. The monoisotopic (exact) mass is 698 g/mol. The van der Waals surface area contributed by atoms with Gasteiger partial charge >= 0.3 is 19.8 Å². The minimum absolute atomic E-state index is 0.231. The van der Waals surface area contributed by atoms with Crippen molar-refractivity contribution in [1.29, 1.82) is 0 Å². The smallest absolute Gasteiger partial charge is 0.462 e. The van der Waals surface area contributed by atoms with Gasteiger partial charge in [-0.3, -0.25) is 18.6 Å². The van der Waals surface area contributed by atoms with Crippen LogP contribution in [-0.4, -0.2) is 43.3 Å². The van der Waals surface area contributed by atoms with E-state index in [-0.39, 0.29) is 25.4 Å². The number of esters is 2. The molecule has 8 nitrogen and oxygen atoms in total. The van der Waals surface area contributed by atoms with Crippen molar-refractivity contribution >= 4 is 19.8 Å². The van der Waals surface area contributed by atoms with Crippen molar-refractivity contribution < 1.29 is 37.6 Å². The third-order valence-electron chi connectivity index (χ3n) is 8.09. The van der Waals surface area contributed by atoms with Crippen LogP contribution in [0.3, 0.4) is 0 Å². The Morgan fingerprint density at radius 1 is 0.583 bits per heavy atom. The first-order chi connectivity index (χ1) is 23.3. The van der Waals surface area contributed by atoms with Gasteiger partial charge in [0.05, 0.1) is 6.61 Å². The second-order valence-electron chi connectivity index (χ2n) is 12.7. The summed E-state index contributed by atoms with van der Waals surface area (Å²) in [4.78, 5) is 34.3. The molecular formula is C39H71O8P. The fraction of sp³-hybridized carbons (Fsp3) is 0.795. The number of unbranched alkanes of at least 4 members (excludes halogenated alkanes) is 18. The molecule has 0 radical (unpaired) electrons. The van der Waals surface area contributed by atoms with Gasteiger partial charge in [-0.15, -0.1) is 0 Å². The Morgan fingerprint density at radius 2 is 1.04 bits per heavy atom. The zero-order chi connectivity index (χ0) is 35.4. The second-order valence-corrected chi connectivity index (χ2v) is 14.3. The average molecular weight is 699 g/mol. The first-order valence-corrected chi connectivity index (χ1v) is 20.7. The number of carbonyl (C=O) groups excluding carboxylic acids is 2. The van der Waals surface area contributed by atoms with Crippen LogP contribution in [0.5, 0.6) is 0 Å². The Morgan fingerprint density at radius 3 is 1.56 bits per heavy atom. The topological polar surface area (TPSA) is 108 Å². The summed E-state index contributed by atoms with van der Waals surface area (Å²) in [5, 5.41) is 0. The van der Waals surface area contributed by atoms with Crippen LogP contribution in [0.2, 0.25) is 0 Å². The molecule has 0 aliphatic carbocycles. The van der Waals surface area contributed by atoms with Crippen LogP contribution in [0.1, 0.15) is 174 Å². The molecule has 0 spiro atoms. The number of allylic oxidation sites excluding steroid dienone is 6. The first-order valence-electron chi connectivity index (χ1n) is 19.2. The van der Waals surface area contributed by atoms with Crippen molar-refractivity contribution in [2.45, 2.75) is 180 Å². The van der Waals surface area contributed by atoms with Crippen molar-refractivity contribution in [2.24, 2.45) is 0 Å². The zero-order valence-electron chi connectivity index (χ0n) is 30.9. The van der Waals surface area contributed by atoms with Gasteiger partial charge in [0.15, 0.2) is 6.10 Å². The van der Waals surface area contributed by atoms with Gasteiger partial charge in [-0.1, -0.05) is 134 Å². The van der Waals surface area contributed by atoms with E-state index in [1.807, 2.05) is 0 Å². The van der Waals surface area contributed by atoms with E-state index in [0.717, 1.165) is 77.7 Å². The number of hydrogen-bond acceptors (Lipinski definition) is 7. The summed E-state index contributed by atoms with van der Waals surface area (Å²) < 4.78 is 31.8. The molecule has 0 aromatic heterocycles. The van der Waals surface area contributed by atoms with E-state index in [9.17, 15) is 19.0 Å². The van der Waals surface area contributed by atoms with Gasteiger partial charge in [-0.2, -0.15) is 0 Å². The Kier molecular flexibility index (Phi) is 33.8. The number of phosphoric ester groups is 1. The Bertz CT molecular complexity index is 885. The minimum Gasteiger partial charge on any atom is -0.462 e. The number of phosphoric acid groups is 1. The third kappa shape index (κ3) is 34.1. The lowest BCUT2D eigenvalue weighted by Crippen LogP contribution is -2.29. The summed E-state index contributed by atoms with van der Waals surface area (Å²) >= 11 is 0. The van der Waals surface area contributed by atoms with Crippen LogP contribution in [0, 0.1) is 0 Å². The molecule has 280 valence electrons. The molecule has 48 heavy (non-hydrogen) atoms. The molecule has 2 unspecified atom stereocenters. The van der Waals surface area contributed by atoms with E-state index in [1.54, 1.807) is 0 Å². The predicted molar refractivity (Wildman–Crippen MR) is 198 cm³/mol. The fourth-order valence-corrected chi connectivity index (χ4v) is 5.56. The molecule has 0 bridgehead atoms. The average Bonchev–Trinajstić information content (AvgIpc) is 3.07. The summed E-state index contributed by atoms with van der Waals surface area (Å²) in [6.07, 6.45) is 39.1. The molecule has 0 saturated carbocycles. The van der Waals surface area contributed by atoms with Crippen molar-refractivity contribution in [3.8, 4) is 0 Å².